The molecule has 0 saturated carbocycles. The molecule has 0 bridgehead atoms. The summed E-state index contributed by atoms with van der Waals surface area (Å²) in [5.74, 6) is -1.27. The minimum Gasteiger partial charge on any atom is -0.382 e. The Morgan fingerprint density at radius 2 is 2.00 bits per heavy atom. The van der Waals surface area contributed by atoms with E-state index in [1.54, 1.807) is 17.9 Å². The number of nitrogen functional groups attached to an aromatic ring is 1. The lowest BCUT2D eigenvalue weighted by Crippen LogP contribution is -2.19. The number of carbonyl (C=O) groups excluding carboxylic acids is 1. The van der Waals surface area contributed by atoms with Crippen molar-refractivity contribution in [3.63, 3.8) is 0 Å². The molecular formula is C15H12F3N7O. The van der Waals surface area contributed by atoms with Gasteiger partial charge in [0.1, 0.15) is 17.2 Å². The van der Waals surface area contributed by atoms with Crippen LogP contribution in [0, 0.1) is 0 Å². The van der Waals surface area contributed by atoms with Crippen molar-refractivity contribution in [2.75, 3.05) is 11.1 Å². The molecule has 3 heterocycles. The van der Waals surface area contributed by atoms with E-state index >= 15 is 0 Å². The standard InChI is InChI=1S/C15H12F3N7O/c1-25-7-20-6-9(25)8-5-21-13(19)12(22-8)14(26)24-11-4-2-3-10(23-11)15(16,17)18/h2-7H,1H3,(H2,19,21)(H,23,24,26). The highest BCUT2D eigenvalue weighted by Gasteiger charge is 2.32. The molecule has 0 aliphatic carbocycles. The maximum Gasteiger partial charge on any atom is 0.433 e. The summed E-state index contributed by atoms with van der Waals surface area (Å²) in [6.45, 7) is 0. The molecule has 0 atom stereocenters. The summed E-state index contributed by atoms with van der Waals surface area (Å²) in [6.07, 6.45) is -0.194. The number of hydrogen-bond acceptors (Lipinski definition) is 6. The highest BCUT2D eigenvalue weighted by atomic mass is 19.4. The van der Waals surface area contributed by atoms with Crippen molar-refractivity contribution >= 4 is 17.5 Å². The van der Waals surface area contributed by atoms with Gasteiger partial charge in [-0.3, -0.25) is 4.79 Å². The van der Waals surface area contributed by atoms with Gasteiger partial charge in [0.2, 0.25) is 0 Å². The lowest BCUT2D eigenvalue weighted by Gasteiger charge is -2.10. The molecule has 3 aromatic rings. The van der Waals surface area contributed by atoms with E-state index in [1.807, 2.05) is 0 Å². The summed E-state index contributed by atoms with van der Waals surface area (Å²) >= 11 is 0. The van der Waals surface area contributed by atoms with Gasteiger partial charge in [-0.2, -0.15) is 13.2 Å². The number of nitrogens with zero attached hydrogens (tertiary/aromatic N) is 5. The number of anilines is 2. The number of halogens is 3. The minimum absolute atomic E-state index is 0.166. The maximum atomic E-state index is 12.7. The molecule has 0 radical (unpaired) electrons. The Morgan fingerprint density at radius 3 is 2.65 bits per heavy atom. The van der Waals surface area contributed by atoms with Crippen LogP contribution in [-0.2, 0) is 13.2 Å². The van der Waals surface area contributed by atoms with Crippen LogP contribution in [0.15, 0.2) is 36.9 Å². The highest BCUT2D eigenvalue weighted by Crippen LogP contribution is 2.28. The summed E-state index contributed by atoms with van der Waals surface area (Å²) in [7, 11) is 1.73. The molecular weight excluding hydrogens is 351 g/mol. The van der Waals surface area contributed by atoms with Gasteiger partial charge in [0.15, 0.2) is 11.5 Å². The third-order valence-corrected chi connectivity index (χ3v) is 3.38. The number of alkyl halides is 3. The molecule has 0 aliphatic heterocycles. The predicted octanol–water partition coefficient (Wildman–Crippen LogP) is 2.13. The lowest BCUT2D eigenvalue weighted by molar-refractivity contribution is -0.141. The fourth-order valence-electron chi connectivity index (χ4n) is 2.13. The van der Waals surface area contributed by atoms with Gasteiger partial charge >= 0.3 is 6.18 Å². The van der Waals surface area contributed by atoms with Crippen LogP contribution in [0.2, 0.25) is 0 Å². The average Bonchev–Trinajstić information content (AvgIpc) is 3.01. The van der Waals surface area contributed by atoms with E-state index in [0.29, 0.717) is 11.4 Å². The number of pyridine rings is 1. The van der Waals surface area contributed by atoms with Gasteiger partial charge in [-0.05, 0) is 12.1 Å². The van der Waals surface area contributed by atoms with Crippen LogP contribution in [0.25, 0.3) is 11.4 Å². The molecule has 0 spiro atoms. The van der Waals surface area contributed by atoms with E-state index in [0.717, 1.165) is 12.1 Å². The van der Waals surface area contributed by atoms with E-state index in [4.69, 9.17) is 5.73 Å². The topological polar surface area (TPSA) is 112 Å². The van der Waals surface area contributed by atoms with Crippen molar-refractivity contribution in [2.45, 2.75) is 6.18 Å². The van der Waals surface area contributed by atoms with E-state index in [2.05, 4.69) is 25.3 Å². The number of amides is 1. The Kier molecular flexibility index (Phi) is 4.28. The number of aromatic nitrogens is 5. The molecule has 0 aromatic carbocycles. The number of carbonyl (C=O) groups is 1. The third-order valence-electron chi connectivity index (χ3n) is 3.38. The van der Waals surface area contributed by atoms with Gasteiger partial charge in [0.05, 0.1) is 24.4 Å². The van der Waals surface area contributed by atoms with Crippen LogP contribution in [0.3, 0.4) is 0 Å². The number of nitrogens with one attached hydrogen (secondary N) is 1. The highest BCUT2D eigenvalue weighted by molar-refractivity contribution is 6.05. The van der Waals surface area contributed by atoms with Crippen molar-refractivity contribution in [2.24, 2.45) is 7.05 Å². The molecule has 1 amide bonds. The molecule has 3 N–H and O–H groups in total. The smallest absolute Gasteiger partial charge is 0.382 e. The van der Waals surface area contributed by atoms with Crippen molar-refractivity contribution in [1.82, 2.24) is 24.5 Å². The predicted molar refractivity (Wildman–Crippen MR) is 85.8 cm³/mol. The Hall–Kier alpha value is -3.50. The third kappa shape index (κ3) is 3.45. The Balaban J connectivity index is 1.90. The van der Waals surface area contributed by atoms with E-state index in [1.165, 1.54) is 18.5 Å². The summed E-state index contributed by atoms with van der Waals surface area (Å²) < 4.78 is 39.8. The number of nitrogens with two attached hydrogens (primary N) is 1. The first kappa shape index (κ1) is 17.3. The zero-order chi connectivity index (χ0) is 18.9. The van der Waals surface area contributed by atoms with Crippen LogP contribution < -0.4 is 11.1 Å². The zero-order valence-corrected chi connectivity index (χ0v) is 13.3. The molecule has 3 aromatic heterocycles. The van der Waals surface area contributed by atoms with Crippen molar-refractivity contribution in [3.8, 4) is 11.4 Å². The second kappa shape index (κ2) is 6.43. The molecule has 3 rings (SSSR count). The number of aryl methyl sites for hydroxylation is 1. The maximum absolute atomic E-state index is 12.7. The quantitative estimate of drug-likeness (QED) is 0.737. The van der Waals surface area contributed by atoms with Gasteiger partial charge in [0.25, 0.3) is 5.91 Å². The van der Waals surface area contributed by atoms with Crippen molar-refractivity contribution < 1.29 is 18.0 Å². The van der Waals surface area contributed by atoms with Gasteiger partial charge in [-0.15, -0.1) is 0 Å². The molecule has 0 fully saturated rings. The van der Waals surface area contributed by atoms with Gasteiger partial charge in [-0.1, -0.05) is 6.07 Å². The molecule has 0 unspecified atom stereocenters. The van der Waals surface area contributed by atoms with E-state index in [9.17, 15) is 18.0 Å². The largest absolute Gasteiger partial charge is 0.433 e. The van der Waals surface area contributed by atoms with Crippen LogP contribution in [-0.4, -0.2) is 30.4 Å². The van der Waals surface area contributed by atoms with Crippen molar-refractivity contribution in [1.29, 1.82) is 0 Å². The van der Waals surface area contributed by atoms with Crippen LogP contribution >= 0.6 is 0 Å². The Labute approximate surface area is 144 Å². The summed E-state index contributed by atoms with van der Waals surface area (Å²) in [5.41, 5.74) is 5.24. The molecule has 0 saturated heterocycles. The number of hydrogen-bond donors (Lipinski definition) is 2. The SMILES string of the molecule is Cn1cncc1-c1cnc(N)c(C(=O)Nc2cccc(C(F)(F)F)n2)n1. The first-order valence-corrected chi connectivity index (χ1v) is 7.20. The summed E-state index contributed by atoms with van der Waals surface area (Å²) in [5, 5.41) is 2.24. The van der Waals surface area contributed by atoms with Crippen LogP contribution in [0.5, 0.6) is 0 Å². The zero-order valence-electron chi connectivity index (χ0n) is 13.3. The molecule has 134 valence electrons. The fraction of sp³-hybridized carbons (Fsp3) is 0.133. The average molecular weight is 363 g/mol. The minimum atomic E-state index is -4.63. The normalized spacial score (nSPS) is 11.4. The van der Waals surface area contributed by atoms with Gasteiger partial charge < -0.3 is 15.6 Å². The Bertz CT molecular complexity index is 968. The number of rotatable bonds is 3. The summed E-state index contributed by atoms with van der Waals surface area (Å²) in [6, 6.07) is 3.15. The van der Waals surface area contributed by atoms with Gasteiger partial charge in [-0.25, -0.2) is 19.9 Å². The summed E-state index contributed by atoms with van der Waals surface area (Å²) in [4.78, 5) is 27.7. The molecule has 11 heteroatoms. The molecule has 0 aliphatic rings. The molecule has 8 nitrogen and oxygen atoms in total. The second-order valence-electron chi connectivity index (χ2n) is 5.24. The second-order valence-corrected chi connectivity index (χ2v) is 5.24. The first-order chi connectivity index (χ1) is 12.3. The monoisotopic (exact) mass is 363 g/mol. The Morgan fingerprint density at radius 1 is 1.23 bits per heavy atom. The van der Waals surface area contributed by atoms with Crippen LogP contribution in [0.4, 0.5) is 24.8 Å². The van der Waals surface area contributed by atoms with Crippen molar-refractivity contribution in [3.05, 3.63) is 48.3 Å². The van der Waals surface area contributed by atoms with Gasteiger partial charge in [0, 0.05) is 7.05 Å². The lowest BCUT2D eigenvalue weighted by atomic mass is 10.3. The van der Waals surface area contributed by atoms with Crippen LogP contribution in [0.1, 0.15) is 16.2 Å². The fourth-order valence-corrected chi connectivity index (χ4v) is 2.13. The van der Waals surface area contributed by atoms with E-state index < -0.39 is 17.8 Å². The van der Waals surface area contributed by atoms with E-state index in [-0.39, 0.29) is 17.3 Å². The molecule has 26 heavy (non-hydrogen) atoms. The first-order valence-electron chi connectivity index (χ1n) is 7.20. The number of imidazole rings is 1.